The predicted molar refractivity (Wildman–Crippen MR) is 119 cm³/mol. The second-order valence-corrected chi connectivity index (χ2v) is 9.13. The maximum absolute atomic E-state index is 13.6. The lowest BCUT2D eigenvalue weighted by atomic mass is 10.2. The molecule has 0 saturated heterocycles. The molecule has 3 aromatic rings. The zero-order valence-corrected chi connectivity index (χ0v) is 18.5. The van der Waals surface area contributed by atoms with E-state index in [-0.39, 0.29) is 12.2 Å². The maximum Gasteiger partial charge on any atom is 0.262 e. The Balaban J connectivity index is 1.66. The van der Waals surface area contributed by atoms with Crippen molar-refractivity contribution in [2.24, 2.45) is 0 Å². The van der Waals surface area contributed by atoms with Crippen molar-refractivity contribution in [3.63, 3.8) is 0 Å². The zero-order valence-electron chi connectivity index (χ0n) is 16.9. The zero-order chi connectivity index (χ0) is 23.3. The third-order valence-electron chi connectivity index (χ3n) is 4.37. The van der Waals surface area contributed by atoms with Crippen LogP contribution >= 0.6 is 11.6 Å². The van der Waals surface area contributed by atoms with Gasteiger partial charge in [-0.25, -0.2) is 17.2 Å². The van der Waals surface area contributed by atoms with Crippen molar-refractivity contribution in [2.75, 3.05) is 22.5 Å². The van der Waals surface area contributed by atoms with E-state index in [9.17, 15) is 22.0 Å². The largest absolute Gasteiger partial charge is 0.484 e. The minimum absolute atomic E-state index is 0.0460. The van der Waals surface area contributed by atoms with Gasteiger partial charge in [-0.05, 0) is 48.0 Å². The number of halogens is 3. The Kier molecular flexibility index (Phi) is 7.32. The number of sulfonamides is 1. The molecule has 1 amide bonds. The summed E-state index contributed by atoms with van der Waals surface area (Å²) < 4.78 is 57.7. The Morgan fingerprint density at radius 2 is 1.75 bits per heavy atom. The number of carbonyl (C=O) groups is 1. The minimum Gasteiger partial charge on any atom is -0.484 e. The molecule has 32 heavy (non-hydrogen) atoms. The Labute approximate surface area is 189 Å². The van der Waals surface area contributed by atoms with Crippen LogP contribution in [0.15, 0.2) is 66.7 Å². The van der Waals surface area contributed by atoms with Gasteiger partial charge in [0.15, 0.2) is 6.61 Å². The molecule has 10 heteroatoms. The number of rotatable bonds is 8. The van der Waals surface area contributed by atoms with E-state index in [4.69, 9.17) is 16.3 Å². The Bertz CT molecular complexity index is 1220. The summed E-state index contributed by atoms with van der Waals surface area (Å²) in [5.74, 6) is -2.00. The number of hydrogen-bond acceptors (Lipinski definition) is 4. The SMILES string of the molecule is CS(=O)(=O)N(Cc1ccccc1Cl)c1ccc(OCC(=O)Nc2ccc(F)cc2F)cc1. The van der Waals surface area contributed by atoms with E-state index < -0.39 is 34.2 Å². The van der Waals surface area contributed by atoms with Crippen LogP contribution in [-0.2, 0) is 21.4 Å². The van der Waals surface area contributed by atoms with Crippen LogP contribution < -0.4 is 14.4 Å². The maximum atomic E-state index is 13.6. The van der Waals surface area contributed by atoms with Crippen LogP contribution in [-0.4, -0.2) is 27.2 Å². The molecule has 3 aromatic carbocycles. The lowest BCUT2D eigenvalue weighted by Crippen LogP contribution is -2.29. The molecule has 0 atom stereocenters. The molecule has 0 radical (unpaired) electrons. The number of ether oxygens (including phenoxy) is 1. The molecular weight excluding hydrogens is 462 g/mol. The summed E-state index contributed by atoms with van der Waals surface area (Å²) in [5, 5.41) is 2.73. The molecule has 0 fully saturated rings. The van der Waals surface area contributed by atoms with Crippen LogP contribution in [0.2, 0.25) is 5.02 Å². The standard InChI is InChI=1S/C22H19ClF2N2O4S/c1-32(29,30)27(13-15-4-2-3-5-19(15)23)17-7-9-18(10-8-17)31-14-22(28)26-21-11-6-16(24)12-20(21)25/h2-12H,13-14H2,1H3,(H,26,28). The van der Waals surface area contributed by atoms with Crippen LogP contribution in [0.4, 0.5) is 20.2 Å². The highest BCUT2D eigenvalue weighted by atomic mass is 35.5. The highest BCUT2D eigenvalue weighted by Gasteiger charge is 2.19. The molecular formula is C22H19ClF2N2O4S. The summed E-state index contributed by atoms with van der Waals surface area (Å²) in [6.45, 7) is -0.379. The molecule has 0 aliphatic heterocycles. The van der Waals surface area contributed by atoms with Crippen molar-refractivity contribution in [2.45, 2.75) is 6.54 Å². The Morgan fingerprint density at radius 1 is 1.06 bits per heavy atom. The summed E-state index contributed by atoms with van der Waals surface area (Å²) in [6.07, 6.45) is 1.09. The smallest absolute Gasteiger partial charge is 0.262 e. The first kappa shape index (κ1) is 23.5. The summed E-state index contributed by atoms with van der Waals surface area (Å²) in [4.78, 5) is 12.0. The molecule has 168 valence electrons. The third kappa shape index (κ3) is 6.18. The average Bonchev–Trinajstić information content (AvgIpc) is 2.73. The van der Waals surface area contributed by atoms with Crippen molar-refractivity contribution in [3.8, 4) is 5.75 Å². The topological polar surface area (TPSA) is 75.7 Å². The first-order valence-electron chi connectivity index (χ1n) is 9.32. The van der Waals surface area contributed by atoms with E-state index in [0.717, 1.165) is 18.4 Å². The van der Waals surface area contributed by atoms with E-state index in [1.165, 1.54) is 28.6 Å². The monoisotopic (exact) mass is 480 g/mol. The molecule has 6 nitrogen and oxygen atoms in total. The summed E-state index contributed by atoms with van der Waals surface area (Å²) in [5.41, 5.74) is 0.862. The number of amides is 1. The van der Waals surface area contributed by atoms with Gasteiger partial charge in [0.2, 0.25) is 10.0 Å². The third-order valence-corrected chi connectivity index (χ3v) is 5.88. The first-order valence-corrected chi connectivity index (χ1v) is 11.5. The molecule has 0 saturated carbocycles. The van der Waals surface area contributed by atoms with Crippen LogP contribution in [0.25, 0.3) is 0 Å². The van der Waals surface area contributed by atoms with Crippen LogP contribution in [0, 0.1) is 11.6 Å². The highest BCUT2D eigenvalue weighted by Crippen LogP contribution is 2.26. The molecule has 0 unspecified atom stereocenters. The number of nitrogens with zero attached hydrogens (tertiary/aromatic N) is 1. The minimum atomic E-state index is -3.61. The van der Waals surface area contributed by atoms with E-state index in [2.05, 4.69) is 5.32 Å². The molecule has 3 rings (SSSR count). The van der Waals surface area contributed by atoms with Crippen molar-refractivity contribution < 1.29 is 26.7 Å². The van der Waals surface area contributed by atoms with E-state index in [0.29, 0.717) is 28.1 Å². The highest BCUT2D eigenvalue weighted by molar-refractivity contribution is 7.92. The van der Waals surface area contributed by atoms with Gasteiger partial charge in [-0.3, -0.25) is 9.10 Å². The van der Waals surface area contributed by atoms with Gasteiger partial charge in [-0.15, -0.1) is 0 Å². The predicted octanol–water partition coefficient (Wildman–Crippen LogP) is 4.60. The van der Waals surface area contributed by atoms with Gasteiger partial charge >= 0.3 is 0 Å². The van der Waals surface area contributed by atoms with E-state index in [1.54, 1.807) is 24.3 Å². The Hall–Kier alpha value is -3.17. The van der Waals surface area contributed by atoms with E-state index >= 15 is 0 Å². The van der Waals surface area contributed by atoms with Gasteiger partial charge in [-0.2, -0.15) is 0 Å². The number of carbonyl (C=O) groups excluding carboxylic acids is 1. The molecule has 0 spiro atoms. The van der Waals surface area contributed by atoms with Crippen LogP contribution in [0.3, 0.4) is 0 Å². The second kappa shape index (κ2) is 9.97. The lowest BCUT2D eigenvalue weighted by Gasteiger charge is -2.23. The number of anilines is 2. The normalized spacial score (nSPS) is 11.1. The summed E-state index contributed by atoms with van der Waals surface area (Å²) >= 11 is 6.16. The van der Waals surface area contributed by atoms with Crippen LogP contribution in [0.5, 0.6) is 5.75 Å². The summed E-state index contributed by atoms with van der Waals surface area (Å²) in [7, 11) is -3.61. The Morgan fingerprint density at radius 3 is 2.38 bits per heavy atom. The molecule has 0 heterocycles. The van der Waals surface area contributed by atoms with Gasteiger partial charge in [0, 0.05) is 11.1 Å². The number of benzene rings is 3. The number of nitrogens with one attached hydrogen (secondary N) is 1. The van der Waals surface area contributed by atoms with Crippen molar-refractivity contribution in [3.05, 3.63) is 89.0 Å². The van der Waals surface area contributed by atoms with Gasteiger partial charge in [0.25, 0.3) is 5.91 Å². The van der Waals surface area contributed by atoms with Gasteiger partial charge in [0.05, 0.1) is 24.2 Å². The van der Waals surface area contributed by atoms with Crippen LogP contribution in [0.1, 0.15) is 5.56 Å². The molecule has 0 bridgehead atoms. The quantitative estimate of drug-likeness (QED) is 0.511. The van der Waals surface area contributed by atoms with Crippen molar-refractivity contribution >= 4 is 38.9 Å². The van der Waals surface area contributed by atoms with E-state index in [1.807, 2.05) is 0 Å². The number of hydrogen-bond donors (Lipinski definition) is 1. The average molecular weight is 481 g/mol. The second-order valence-electron chi connectivity index (χ2n) is 6.82. The fourth-order valence-corrected chi connectivity index (χ4v) is 3.89. The van der Waals surface area contributed by atoms with Gasteiger partial charge < -0.3 is 10.1 Å². The fraction of sp³-hybridized carbons (Fsp3) is 0.136. The van der Waals surface area contributed by atoms with Crippen molar-refractivity contribution in [1.29, 1.82) is 0 Å². The molecule has 1 N–H and O–H groups in total. The molecule has 0 aliphatic rings. The first-order chi connectivity index (χ1) is 15.1. The van der Waals surface area contributed by atoms with Crippen molar-refractivity contribution in [1.82, 2.24) is 0 Å². The van der Waals surface area contributed by atoms with Gasteiger partial charge in [-0.1, -0.05) is 29.8 Å². The summed E-state index contributed by atoms with van der Waals surface area (Å²) in [6, 6.07) is 15.8. The fourth-order valence-electron chi connectivity index (χ4n) is 2.82. The molecule has 0 aromatic heterocycles. The molecule has 0 aliphatic carbocycles. The van der Waals surface area contributed by atoms with Gasteiger partial charge in [0.1, 0.15) is 17.4 Å². The lowest BCUT2D eigenvalue weighted by molar-refractivity contribution is -0.118.